The summed E-state index contributed by atoms with van der Waals surface area (Å²) in [6.07, 6.45) is 0.576. The molecule has 0 saturated heterocycles. The molecule has 0 fully saturated rings. The molecule has 0 atom stereocenters. The van der Waals surface area contributed by atoms with Crippen LogP contribution in [0.4, 0.5) is 4.39 Å². The van der Waals surface area contributed by atoms with E-state index in [0.717, 1.165) is 0 Å². The lowest BCUT2D eigenvalue weighted by atomic mass is 10.1. The highest BCUT2D eigenvalue weighted by atomic mass is 19.1. The lowest BCUT2D eigenvalue weighted by molar-refractivity contribution is 0.110. The van der Waals surface area contributed by atoms with Gasteiger partial charge in [0.25, 0.3) is 0 Å². The van der Waals surface area contributed by atoms with Crippen molar-refractivity contribution < 1.29 is 18.3 Å². The number of furan rings is 1. The van der Waals surface area contributed by atoms with E-state index >= 15 is 0 Å². The first-order valence-electron chi connectivity index (χ1n) is 5.05. The highest BCUT2D eigenvalue weighted by Gasteiger charge is 2.13. The average Bonchev–Trinajstić information content (AvgIpc) is 2.78. The molecule has 2 rings (SSSR count). The van der Waals surface area contributed by atoms with Gasteiger partial charge in [-0.15, -0.1) is 0 Å². The number of ether oxygens (including phenoxy) is 1. The monoisotopic (exact) mass is 234 g/mol. The van der Waals surface area contributed by atoms with Crippen LogP contribution in [0.5, 0.6) is 5.75 Å². The van der Waals surface area contributed by atoms with E-state index in [4.69, 9.17) is 9.15 Å². The van der Waals surface area contributed by atoms with Crippen molar-refractivity contribution in [2.75, 3.05) is 7.11 Å². The van der Waals surface area contributed by atoms with Crippen LogP contribution < -0.4 is 4.74 Å². The zero-order chi connectivity index (χ0) is 12.4. The number of hydrogen-bond donors (Lipinski definition) is 0. The second-order valence-electron chi connectivity index (χ2n) is 3.62. The Morgan fingerprint density at radius 3 is 2.71 bits per heavy atom. The first-order valence-corrected chi connectivity index (χ1v) is 5.05. The Bertz CT molecular complexity index is 558. The van der Waals surface area contributed by atoms with Gasteiger partial charge in [-0.2, -0.15) is 0 Å². The quantitative estimate of drug-likeness (QED) is 0.765. The van der Waals surface area contributed by atoms with Gasteiger partial charge in [-0.25, -0.2) is 4.39 Å². The van der Waals surface area contributed by atoms with Crippen molar-refractivity contribution in [3.63, 3.8) is 0 Å². The summed E-state index contributed by atoms with van der Waals surface area (Å²) >= 11 is 0. The first-order chi connectivity index (χ1) is 8.15. The van der Waals surface area contributed by atoms with E-state index < -0.39 is 5.82 Å². The Hall–Kier alpha value is -2.10. The maximum atomic E-state index is 13.8. The normalized spacial score (nSPS) is 10.3. The van der Waals surface area contributed by atoms with Crippen LogP contribution in [0.25, 0.3) is 11.3 Å². The van der Waals surface area contributed by atoms with Gasteiger partial charge in [0.2, 0.25) is 0 Å². The van der Waals surface area contributed by atoms with Crippen LogP contribution in [-0.4, -0.2) is 13.4 Å². The van der Waals surface area contributed by atoms with Gasteiger partial charge in [-0.1, -0.05) is 0 Å². The third-order valence-corrected chi connectivity index (χ3v) is 2.49. The van der Waals surface area contributed by atoms with E-state index in [0.29, 0.717) is 23.4 Å². The molecule has 0 unspecified atom stereocenters. The topological polar surface area (TPSA) is 39.4 Å². The molecule has 1 heterocycles. The lowest BCUT2D eigenvalue weighted by Crippen LogP contribution is -1.91. The van der Waals surface area contributed by atoms with Crippen LogP contribution >= 0.6 is 0 Å². The largest absolute Gasteiger partial charge is 0.496 e. The number of rotatable bonds is 3. The summed E-state index contributed by atoms with van der Waals surface area (Å²) in [4.78, 5) is 10.5. The van der Waals surface area contributed by atoms with Gasteiger partial charge in [0.1, 0.15) is 17.3 Å². The number of carbonyl (C=O) groups is 1. The van der Waals surface area contributed by atoms with Crippen molar-refractivity contribution in [2.45, 2.75) is 6.92 Å². The number of hydrogen-bond acceptors (Lipinski definition) is 3. The molecule has 3 nitrogen and oxygen atoms in total. The van der Waals surface area contributed by atoms with E-state index in [-0.39, 0.29) is 11.3 Å². The van der Waals surface area contributed by atoms with Gasteiger partial charge < -0.3 is 9.15 Å². The minimum atomic E-state index is -0.407. The van der Waals surface area contributed by atoms with Crippen LogP contribution in [0.15, 0.2) is 28.7 Å². The van der Waals surface area contributed by atoms with Crippen molar-refractivity contribution in [3.05, 3.63) is 41.4 Å². The first kappa shape index (κ1) is 11.4. The SMILES string of the molecule is COc1cc(-c2ccc(C=O)o2)c(F)cc1C. The van der Waals surface area contributed by atoms with E-state index in [9.17, 15) is 9.18 Å². The fraction of sp³-hybridized carbons (Fsp3) is 0.154. The molecule has 2 aromatic rings. The third kappa shape index (κ3) is 2.06. The Balaban J connectivity index is 2.54. The maximum Gasteiger partial charge on any atom is 0.185 e. The van der Waals surface area contributed by atoms with Crippen LogP contribution in [-0.2, 0) is 0 Å². The fourth-order valence-electron chi connectivity index (χ4n) is 1.62. The molecule has 0 radical (unpaired) electrons. The summed E-state index contributed by atoms with van der Waals surface area (Å²) < 4.78 is 24.1. The predicted octanol–water partition coefficient (Wildman–Crippen LogP) is 3.22. The molecule has 0 aliphatic carbocycles. The smallest absolute Gasteiger partial charge is 0.185 e. The molecule has 0 spiro atoms. The average molecular weight is 234 g/mol. The second kappa shape index (κ2) is 4.41. The van der Waals surface area contributed by atoms with E-state index in [1.54, 1.807) is 19.1 Å². The minimum absolute atomic E-state index is 0.166. The molecule has 0 aliphatic rings. The van der Waals surface area contributed by atoms with Crippen molar-refractivity contribution in [1.82, 2.24) is 0 Å². The number of benzene rings is 1. The molecule has 4 heteroatoms. The number of carbonyl (C=O) groups excluding carboxylic acids is 1. The molecule has 1 aromatic heterocycles. The Morgan fingerprint density at radius 1 is 1.35 bits per heavy atom. The summed E-state index contributed by atoms with van der Waals surface area (Å²) in [5, 5.41) is 0. The van der Waals surface area contributed by atoms with Crippen LogP contribution in [0.2, 0.25) is 0 Å². The predicted molar refractivity (Wildman–Crippen MR) is 60.8 cm³/mol. The van der Waals surface area contributed by atoms with Crippen LogP contribution in [0.3, 0.4) is 0 Å². The van der Waals surface area contributed by atoms with E-state index in [1.807, 2.05) is 0 Å². The van der Waals surface area contributed by atoms with Gasteiger partial charge in [0, 0.05) is 0 Å². The molecular weight excluding hydrogens is 223 g/mol. The van der Waals surface area contributed by atoms with Crippen molar-refractivity contribution in [1.29, 1.82) is 0 Å². The van der Waals surface area contributed by atoms with Crippen molar-refractivity contribution in [3.8, 4) is 17.1 Å². The fourth-order valence-corrected chi connectivity index (χ4v) is 1.62. The Kier molecular flexibility index (Phi) is 2.95. The highest BCUT2D eigenvalue weighted by molar-refractivity contribution is 5.73. The molecule has 0 aliphatic heterocycles. The molecule has 0 N–H and O–H groups in total. The number of aldehydes is 1. The molecule has 0 amide bonds. The third-order valence-electron chi connectivity index (χ3n) is 2.49. The molecule has 17 heavy (non-hydrogen) atoms. The summed E-state index contributed by atoms with van der Waals surface area (Å²) in [7, 11) is 1.52. The molecular formula is C13H11FO3. The van der Waals surface area contributed by atoms with Crippen LogP contribution in [0, 0.1) is 12.7 Å². The second-order valence-corrected chi connectivity index (χ2v) is 3.62. The van der Waals surface area contributed by atoms with E-state index in [2.05, 4.69) is 0 Å². The summed E-state index contributed by atoms with van der Waals surface area (Å²) in [5.74, 6) is 0.641. The van der Waals surface area contributed by atoms with Gasteiger partial charge >= 0.3 is 0 Å². The molecule has 0 saturated carbocycles. The van der Waals surface area contributed by atoms with Crippen molar-refractivity contribution in [2.24, 2.45) is 0 Å². The maximum absolute atomic E-state index is 13.8. The number of aryl methyl sites for hydroxylation is 1. The van der Waals surface area contributed by atoms with E-state index in [1.165, 1.54) is 19.2 Å². The Morgan fingerprint density at radius 2 is 2.12 bits per heavy atom. The molecule has 1 aromatic carbocycles. The van der Waals surface area contributed by atoms with Gasteiger partial charge in [-0.3, -0.25) is 4.79 Å². The highest BCUT2D eigenvalue weighted by Crippen LogP contribution is 2.30. The zero-order valence-electron chi connectivity index (χ0n) is 9.49. The minimum Gasteiger partial charge on any atom is -0.496 e. The van der Waals surface area contributed by atoms with Crippen LogP contribution in [0.1, 0.15) is 16.1 Å². The van der Waals surface area contributed by atoms with Gasteiger partial charge in [-0.05, 0) is 36.8 Å². The summed E-state index contributed by atoms with van der Waals surface area (Å²) in [5.41, 5.74) is 0.983. The van der Waals surface area contributed by atoms with Gasteiger partial charge in [0.15, 0.2) is 12.0 Å². The Labute approximate surface area is 97.8 Å². The summed E-state index contributed by atoms with van der Waals surface area (Å²) in [6, 6.07) is 5.97. The van der Waals surface area contributed by atoms with Gasteiger partial charge in [0.05, 0.1) is 12.7 Å². The number of halogens is 1. The lowest BCUT2D eigenvalue weighted by Gasteiger charge is -2.07. The summed E-state index contributed by atoms with van der Waals surface area (Å²) in [6.45, 7) is 1.75. The molecule has 0 bridgehead atoms. The zero-order valence-corrected chi connectivity index (χ0v) is 9.49. The number of methoxy groups -OCH3 is 1. The molecule has 88 valence electrons. The standard InChI is InChI=1S/C13H11FO3/c1-8-5-11(14)10(6-13(8)16-2)12-4-3-9(7-15)17-12/h3-7H,1-2H3. The van der Waals surface area contributed by atoms with Crippen molar-refractivity contribution >= 4 is 6.29 Å².